The summed E-state index contributed by atoms with van der Waals surface area (Å²) in [6.07, 6.45) is 0.901. The van der Waals surface area contributed by atoms with Gasteiger partial charge in [0.1, 0.15) is 15.8 Å². The Morgan fingerprint density at radius 2 is 2.00 bits per heavy atom. The number of methoxy groups -OCH3 is 1. The standard InChI is InChI=1S/C14H16N2O3S/c1-3-19-13(17)9-8-12-15-16-14(20-12)10-4-6-11(18-2)7-5-10/h4-7H,3,8-9H2,1-2H3. The van der Waals surface area contributed by atoms with Crippen molar-refractivity contribution in [1.29, 1.82) is 0 Å². The van der Waals surface area contributed by atoms with Gasteiger partial charge in [-0.25, -0.2) is 0 Å². The predicted molar refractivity (Wildman–Crippen MR) is 76.9 cm³/mol. The Bertz CT molecular complexity index is 566. The molecule has 0 N–H and O–H groups in total. The van der Waals surface area contributed by atoms with E-state index in [0.717, 1.165) is 21.3 Å². The number of ether oxygens (including phenoxy) is 2. The number of carbonyl (C=O) groups excluding carboxylic acids is 1. The van der Waals surface area contributed by atoms with Crippen LogP contribution < -0.4 is 4.74 Å². The summed E-state index contributed by atoms with van der Waals surface area (Å²) in [6.45, 7) is 2.21. The lowest BCUT2D eigenvalue weighted by Crippen LogP contribution is -2.04. The van der Waals surface area contributed by atoms with Crippen molar-refractivity contribution >= 4 is 17.3 Å². The Morgan fingerprint density at radius 3 is 2.65 bits per heavy atom. The van der Waals surface area contributed by atoms with Gasteiger partial charge in [0.15, 0.2) is 0 Å². The Morgan fingerprint density at radius 1 is 1.25 bits per heavy atom. The lowest BCUT2D eigenvalue weighted by molar-refractivity contribution is -0.143. The quantitative estimate of drug-likeness (QED) is 0.766. The number of rotatable bonds is 6. The highest BCUT2D eigenvalue weighted by Crippen LogP contribution is 2.25. The van der Waals surface area contributed by atoms with Crippen molar-refractivity contribution in [2.24, 2.45) is 0 Å². The first kappa shape index (κ1) is 14.5. The lowest BCUT2D eigenvalue weighted by atomic mass is 10.2. The van der Waals surface area contributed by atoms with E-state index >= 15 is 0 Å². The normalized spacial score (nSPS) is 10.3. The van der Waals surface area contributed by atoms with Gasteiger partial charge >= 0.3 is 5.97 Å². The molecule has 0 aliphatic heterocycles. The van der Waals surface area contributed by atoms with Crippen molar-refractivity contribution in [2.45, 2.75) is 19.8 Å². The van der Waals surface area contributed by atoms with Crippen LogP contribution in [-0.2, 0) is 16.0 Å². The fraction of sp³-hybridized carbons (Fsp3) is 0.357. The Hall–Kier alpha value is -1.95. The highest BCUT2D eigenvalue weighted by Gasteiger charge is 2.09. The number of benzene rings is 1. The van der Waals surface area contributed by atoms with Crippen LogP contribution >= 0.6 is 11.3 Å². The lowest BCUT2D eigenvalue weighted by Gasteiger charge is -1.99. The van der Waals surface area contributed by atoms with Gasteiger partial charge in [-0.05, 0) is 31.2 Å². The molecule has 0 saturated carbocycles. The van der Waals surface area contributed by atoms with E-state index in [9.17, 15) is 4.79 Å². The zero-order chi connectivity index (χ0) is 14.4. The summed E-state index contributed by atoms with van der Waals surface area (Å²) in [6, 6.07) is 7.65. The predicted octanol–water partition coefficient (Wildman–Crippen LogP) is 2.71. The number of aromatic nitrogens is 2. The first-order valence-corrected chi connectivity index (χ1v) is 7.17. The summed E-state index contributed by atoms with van der Waals surface area (Å²) >= 11 is 1.49. The van der Waals surface area contributed by atoms with E-state index in [1.54, 1.807) is 14.0 Å². The maximum atomic E-state index is 11.3. The van der Waals surface area contributed by atoms with Crippen LogP contribution in [0.5, 0.6) is 5.75 Å². The van der Waals surface area contributed by atoms with Crippen molar-refractivity contribution < 1.29 is 14.3 Å². The number of carbonyl (C=O) groups is 1. The SMILES string of the molecule is CCOC(=O)CCc1nnc(-c2ccc(OC)cc2)s1. The van der Waals surface area contributed by atoms with Crippen molar-refractivity contribution in [3.8, 4) is 16.3 Å². The Labute approximate surface area is 121 Å². The minimum atomic E-state index is -0.200. The number of hydrogen-bond acceptors (Lipinski definition) is 6. The number of aryl methyl sites for hydroxylation is 1. The fourth-order valence-corrected chi connectivity index (χ4v) is 2.49. The summed E-state index contributed by atoms with van der Waals surface area (Å²) in [5.41, 5.74) is 0.991. The molecule has 2 rings (SSSR count). The molecule has 6 heteroatoms. The van der Waals surface area contributed by atoms with E-state index in [1.807, 2.05) is 24.3 Å². The molecular weight excluding hydrogens is 276 g/mol. The van der Waals surface area contributed by atoms with Crippen molar-refractivity contribution in [2.75, 3.05) is 13.7 Å². The van der Waals surface area contributed by atoms with Gasteiger partial charge in [-0.1, -0.05) is 11.3 Å². The minimum absolute atomic E-state index is 0.200. The molecule has 0 amide bonds. The molecule has 2 aromatic rings. The highest BCUT2D eigenvalue weighted by atomic mass is 32.1. The molecule has 0 aliphatic rings. The van der Waals surface area contributed by atoms with E-state index in [1.165, 1.54) is 11.3 Å². The summed E-state index contributed by atoms with van der Waals surface area (Å²) in [5.74, 6) is 0.606. The van der Waals surface area contributed by atoms with Crippen LogP contribution in [0.2, 0.25) is 0 Å². The van der Waals surface area contributed by atoms with Gasteiger partial charge in [0.05, 0.1) is 20.1 Å². The smallest absolute Gasteiger partial charge is 0.306 e. The average molecular weight is 292 g/mol. The molecule has 5 nitrogen and oxygen atoms in total. The summed E-state index contributed by atoms with van der Waals surface area (Å²) in [5, 5.41) is 9.91. The van der Waals surface area contributed by atoms with Crippen LogP contribution in [0.15, 0.2) is 24.3 Å². The largest absolute Gasteiger partial charge is 0.497 e. The zero-order valence-electron chi connectivity index (χ0n) is 11.5. The molecule has 0 fully saturated rings. The van der Waals surface area contributed by atoms with Crippen molar-refractivity contribution in [3.05, 3.63) is 29.3 Å². The average Bonchev–Trinajstić information content (AvgIpc) is 2.94. The molecule has 0 radical (unpaired) electrons. The second-order valence-electron chi connectivity index (χ2n) is 4.03. The molecule has 20 heavy (non-hydrogen) atoms. The number of esters is 1. The van der Waals surface area contributed by atoms with Crippen LogP contribution in [0.3, 0.4) is 0 Å². The zero-order valence-corrected chi connectivity index (χ0v) is 12.3. The van der Waals surface area contributed by atoms with E-state index in [-0.39, 0.29) is 5.97 Å². The Balaban J connectivity index is 1.99. The van der Waals surface area contributed by atoms with Crippen LogP contribution in [0.25, 0.3) is 10.6 Å². The molecule has 0 spiro atoms. The highest BCUT2D eigenvalue weighted by molar-refractivity contribution is 7.14. The van der Waals surface area contributed by atoms with Gasteiger partial charge in [-0.3, -0.25) is 4.79 Å². The monoisotopic (exact) mass is 292 g/mol. The molecule has 1 aromatic heterocycles. The van der Waals surface area contributed by atoms with Gasteiger partial charge in [0.2, 0.25) is 0 Å². The number of nitrogens with zero attached hydrogens (tertiary/aromatic N) is 2. The van der Waals surface area contributed by atoms with Crippen LogP contribution in [-0.4, -0.2) is 29.9 Å². The van der Waals surface area contributed by atoms with Gasteiger partial charge in [-0.2, -0.15) is 0 Å². The molecule has 0 saturated heterocycles. The van der Waals surface area contributed by atoms with Gasteiger partial charge in [-0.15, -0.1) is 10.2 Å². The van der Waals surface area contributed by atoms with Crippen LogP contribution in [0.1, 0.15) is 18.4 Å². The molecular formula is C14H16N2O3S. The van der Waals surface area contributed by atoms with Crippen molar-refractivity contribution in [3.63, 3.8) is 0 Å². The summed E-state index contributed by atoms with van der Waals surface area (Å²) < 4.78 is 10.00. The fourth-order valence-electron chi connectivity index (χ4n) is 1.65. The van der Waals surface area contributed by atoms with Crippen LogP contribution in [0.4, 0.5) is 0 Å². The Kier molecular flexibility index (Phi) is 5.06. The number of hydrogen-bond donors (Lipinski definition) is 0. The molecule has 0 bridgehead atoms. The first-order valence-electron chi connectivity index (χ1n) is 6.35. The third-order valence-electron chi connectivity index (χ3n) is 2.65. The van der Waals surface area contributed by atoms with Crippen molar-refractivity contribution in [1.82, 2.24) is 10.2 Å². The molecule has 106 valence electrons. The van der Waals surface area contributed by atoms with E-state index in [4.69, 9.17) is 9.47 Å². The molecule has 0 aliphatic carbocycles. The summed E-state index contributed by atoms with van der Waals surface area (Å²) in [7, 11) is 1.63. The second-order valence-corrected chi connectivity index (χ2v) is 5.10. The molecule has 1 aromatic carbocycles. The maximum absolute atomic E-state index is 11.3. The van der Waals surface area contributed by atoms with E-state index in [2.05, 4.69) is 10.2 Å². The summed E-state index contributed by atoms with van der Waals surface area (Å²) in [4.78, 5) is 11.3. The van der Waals surface area contributed by atoms with Gasteiger partial charge in [0, 0.05) is 12.0 Å². The maximum Gasteiger partial charge on any atom is 0.306 e. The minimum Gasteiger partial charge on any atom is -0.497 e. The molecule has 0 atom stereocenters. The van der Waals surface area contributed by atoms with Gasteiger partial charge in [0.25, 0.3) is 0 Å². The molecule has 0 unspecified atom stereocenters. The van der Waals surface area contributed by atoms with Gasteiger partial charge < -0.3 is 9.47 Å². The van der Waals surface area contributed by atoms with E-state index < -0.39 is 0 Å². The second kappa shape index (κ2) is 7.00. The molecule has 1 heterocycles. The third-order valence-corrected chi connectivity index (χ3v) is 3.68. The van der Waals surface area contributed by atoms with Crippen LogP contribution in [0, 0.1) is 0 Å². The van der Waals surface area contributed by atoms with E-state index in [0.29, 0.717) is 19.4 Å². The first-order chi connectivity index (χ1) is 9.72. The third kappa shape index (κ3) is 3.77. The topological polar surface area (TPSA) is 61.3 Å².